The monoisotopic (exact) mass is 538 g/mol. The molecule has 1 N–H and O–H groups in total. The number of rotatable bonds is 10. The number of aliphatic hydroxyl groups is 1. The number of esters is 1. The van der Waals surface area contributed by atoms with Gasteiger partial charge in [0, 0.05) is 17.8 Å². The lowest BCUT2D eigenvalue weighted by Crippen LogP contribution is -2.57. The van der Waals surface area contributed by atoms with Gasteiger partial charge in [-0.25, -0.2) is 0 Å². The van der Waals surface area contributed by atoms with Gasteiger partial charge in [-0.15, -0.1) is 18.3 Å². The smallest absolute Gasteiger partial charge is 0.311 e. The SMILES string of the molecule is C=CCOC(=O)[C@@H]1[C@@H]2CCC3(S2)C(C(=O)N(CC=C)C2CCCCC2)N([C@H](CO)c2ccccc2)C(=O)[C@H]13. The highest BCUT2D eigenvalue weighted by Crippen LogP contribution is 2.67. The summed E-state index contributed by atoms with van der Waals surface area (Å²) >= 11 is 1.62. The summed E-state index contributed by atoms with van der Waals surface area (Å²) in [5, 5.41) is 10.6. The summed E-state index contributed by atoms with van der Waals surface area (Å²) in [4.78, 5) is 45.9. The first-order chi connectivity index (χ1) is 18.5. The number of amides is 2. The first kappa shape index (κ1) is 27.0. The predicted octanol–water partition coefficient (Wildman–Crippen LogP) is 3.89. The van der Waals surface area contributed by atoms with E-state index in [1.807, 2.05) is 35.2 Å². The number of aliphatic hydroxyl groups excluding tert-OH is 1. The molecule has 2 bridgehead atoms. The van der Waals surface area contributed by atoms with E-state index in [-0.39, 0.29) is 36.3 Å². The summed E-state index contributed by atoms with van der Waals surface area (Å²) in [7, 11) is 0. The molecule has 38 heavy (non-hydrogen) atoms. The Labute approximate surface area is 229 Å². The second-order valence-electron chi connectivity index (χ2n) is 10.9. The molecular weight excluding hydrogens is 500 g/mol. The van der Waals surface area contributed by atoms with Crippen LogP contribution < -0.4 is 0 Å². The van der Waals surface area contributed by atoms with Crippen LogP contribution in [0.4, 0.5) is 0 Å². The van der Waals surface area contributed by atoms with Crippen LogP contribution in [-0.2, 0) is 19.1 Å². The van der Waals surface area contributed by atoms with Crippen molar-refractivity contribution in [1.82, 2.24) is 9.80 Å². The summed E-state index contributed by atoms with van der Waals surface area (Å²) in [5.74, 6) is -1.99. The number of benzene rings is 1. The Morgan fingerprint density at radius 2 is 1.89 bits per heavy atom. The maximum atomic E-state index is 14.7. The van der Waals surface area contributed by atoms with Gasteiger partial charge in [0.1, 0.15) is 12.6 Å². The molecular formula is C30H38N2O5S. The highest BCUT2D eigenvalue weighted by atomic mass is 32.2. The van der Waals surface area contributed by atoms with Crippen molar-refractivity contribution in [1.29, 1.82) is 0 Å². The van der Waals surface area contributed by atoms with E-state index in [4.69, 9.17) is 4.74 Å². The number of carbonyl (C=O) groups is 3. The zero-order chi connectivity index (χ0) is 26.9. The van der Waals surface area contributed by atoms with Crippen LogP contribution in [0.5, 0.6) is 0 Å². The zero-order valence-electron chi connectivity index (χ0n) is 21.9. The summed E-state index contributed by atoms with van der Waals surface area (Å²) in [6.45, 7) is 7.75. The minimum Gasteiger partial charge on any atom is -0.461 e. The van der Waals surface area contributed by atoms with Crippen LogP contribution in [0.3, 0.4) is 0 Å². The summed E-state index contributed by atoms with van der Waals surface area (Å²) < 4.78 is 4.74. The van der Waals surface area contributed by atoms with Crippen LogP contribution in [0.2, 0.25) is 0 Å². The second-order valence-corrected chi connectivity index (χ2v) is 12.5. The Bertz CT molecular complexity index is 1070. The number of thioether (sulfide) groups is 1. The van der Waals surface area contributed by atoms with Crippen LogP contribution in [0.1, 0.15) is 56.6 Å². The predicted molar refractivity (Wildman–Crippen MR) is 147 cm³/mol. The van der Waals surface area contributed by atoms with E-state index in [2.05, 4.69) is 13.2 Å². The van der Waals surface area contributed by atoms with Crippen molar-refractivity contribution in [3.05, 3.63) is 61.2 Å². The third-order valence-electron chi connectivity index (χ3n) is 8.90. The van der Waals surface area contributed by atoms with Gasteiger partial charge in [0.25, 0.3) is 0 Å². The number of nitrogens with zero attached hydrogens (tertiary/aromatic N) is 2. The van der Waals surface area contributed by atoms with E-state index in [0.717, 1.165) is 37.7 Å². The van der Waals surface area contributed by atoms with Crippen molar-refractivity contribution in [3.8, 4) is 0 Å². The average Bonchev–Trinajstić information content (AvgIpc) is 3.59. The van der Waals surface area contributed by atoms with Gasteiger partial charge in [-0.1, -0.05) is 68.3 Å². The number of fused-ring (bicyclic) bond motifs is 1. The topological polar surface area (TPSA) is 87.2 Å². The number of hydrogen-bond acceptors (Lipinski definition) is 6. The zero-order valence-corrected chi connectivity index (χ0v) is 22.7. The fourth-order valence-corrected chi connectivity index (χ4v) is 9.54. The van der Waals surface area contributed by atoms with Crippen molar-refractivity contribution in [2.24, 2.45) is 11.8 Å². The van der Waals surface area contributed by atoms with Gasteiger partial charge < -0.3 is 19.6 Å². The average molecular weight is 539 g/mol. The highest BCUT2D eigenvalue weighted by Gasteiger charge is 2.75. The molecule has 5 rings (SSSR count). The number of likely N-dealkylation sites (tertiary alicyclic amines) is 1. The van der Waals surface area contributed by atoms with E-state index < -0.39 is 34.6 Å². The Hall–Kier alpha value is -2.58. The molecule has 2 amide bonds. The van der Waals surface area contributed by atoms with Crippen LogP contribution in [-0.4, -0.2) is 74.5 Å². The van der Waals surface area contributed by atoms with Gasteiger partial charge in [0.2, 0.25) is 11.8 Å². The molecule has 1 aromatic carbocycles. The van der Waals surface area contributed by atoms with Gasteiger partial charge in [-0.2, -0.15) is 0 Å². The number of hydrogen-bond donors (Lipinski definition) is 1. The first-order valence-corrected chi connectivity index (χ1v) is 14.7. The molecule has 204 valence electrons. The molecule has 2 unspecified atom stereocenters. The molecule has 4 fully saturated rings. The van der Waals surface area contributed by atoms with Crippen LogP contribution in [0.25, 0.3) is 0 Å². The lowest BCUT2D eigenvalue weighted by molar-refractivity contribution is -0.153. The molecule has 3 aliphatic heterocycles. The third-order valence-corrected chi connectivity index (χ3v) is 10.9. The van der Waals surface area contributed by atoms with Crippen LogP contribution >= 0.6 is 11.8 Å². The third kappa shape index (κ3) is 4.39. The fourth-order valence-electron chi connectivity index (χ4n) is 7.35. The van der Waals surface area contributed by atoms with Gasteiger partial charge in [0.15, 0.2) is 0 Å². The molecule has 4 aliphatic rings. The largest absolute Gasteiger partial charge is 0.461 e. The van der Waals surface area contributed by atoms with E-state index in [1.165, 1.54) is 12.5 Å². The maximum absolute atomic E-state index is 14.7. The quantitative estimate of drug-likeness (QED) is 0.359. The van der Waals surface area contributed by atoms with Gasteiger partial charge in [-0.3, -0.25) is 14.4 Å². The minimum atomic E-state index is -0.772. The molecule has 1 spiro atoms. The Kier molecular flexibility index (Phi) is 8.00. The fraction of sp³-hybridized carbons (Fsp3) is 0.567. The molecule has 3 heterocycles. The van der Waals surface area contributed by atoms with Gasteiger partial charge in [0.05, 0.1) is 29.2 Å². The van der Waals surface area contributed by atoms with E-state index in [9.17, 15) is 19.5 Å². The summed E-state index contributed by atoms with van der Waals surface area (Å²) in [6, 6.07) is 8.04. The van der Waals surface area contributed by atoms with E-state index in [1.54, 1.807) is 22.7 Å². The molecule has 1 saturated carbocycles. The molecule has 8 heteroatoms. The number of ether oxygens (including phenoxy) is 1. The lowest BCUT2D eigenvalue weighted by atomic mass is 9.71. The van der Waals surface area contributed by atoms with Crippen molar-refractivity contribution in [3.63, 3.8) is 0 Å². The highest BCUT2D eigenvalue weighted by molar-refractivity contribution is 8.02. The molecule has 6 atom stereocenters. The van der Waals surface area contributed by atoms with E-state index >= 15 is 0 Å². The van der Waals surface area contributed by atoms with E-state index in [0.29, 0.717) is 13.0 Å². The molecule has 1 aliphatic carbocycles. The van der Waals surface area contributed by atoms with Crippen molar-refractivity contribution in [2.75, 3.05) is 19.8 Å². The van der Waals surface area contributed by atoms with Gasteiger partial charge >= 0.3 is 5.97 Å². The molecule has 1 aromatic rings. The van der Waals surface area contributed by atoms with Crippen molar-refractivity contribution in [2.45, 2.75) is 73.1 Å². The Balaban J connectivity index is 1.59. The Morgan fingerprint density at radius 1 is 1.16 bits per heavy atom. The van der Waals surface area contributed by atoms with Gasteiger partial charge in [-0.05, 0) is 31.2 Å². The normalized spacial score (nSPS) is 31.1. The molecule has 3 saturated heterocycles. The van der Waals surface area contributed by atoms with Crippen molar-refractivity contribution >= 4 is 29.5 Å². The summed E-state index contributed by atoms with van der Waals surface area (Å²) in [6.07, 6.45) is 9.90. The van der Waals surface area contributed by atoms with Crippen LogP contribution in [0, 0.1) is 11.8 Å². The van der Waals surface area contributed by atoms with Crippen LogP contribution in [0.15, 0.2) is 55.6 Å². The Morgan fingerprint density at radius 3 is 2.55 bits per heavy atom. The summed E-state index contributed by atoms with van der Waals surface area (Å²) in [5.41, 5.74) is 0.774. The standard InChI is InChI=1S/C30H38N2O5S/c1-3-17-31(21-13-9-6-10-14-21)28(35)26-30-16-15-23(38-30)24(29(36)37-18-4-2)25(30)27(34)32(26)22(19-33)20-11-7-5-8-12-20/h3-5,7-8,11-12,21-26,33H,1-2,6,9-10,13-19H2/t22-,23+,24-,25+,26?,30?/m1/s1. The molecule has 0 aromatic heterocycles. The lowest BCUT2D eigenvalue weighted by Gasteiger charge is -2.42. The maximum Gasteiger partial charge on any atom is 0.311 e. The molecule has 0 radical (unpaired) electrons. The number of carbonyl (C=O) groups excluding carboxylic acids is 3. The first-order valence-electron chi connectivity index (χ1n) is 13.8. The molecule has 7 nitrogen and oxygen atoms in total. The van der Waals surface area contributed by atoms with Crippen molar-refractivity contribution < 1.29 is 24.2 Å². The minimum absolute atomic E-state index is 0.0643. The second kappa shape index (κ2) is 11.3.